The van der Waals surface area contributed by atoms with Crippen LogP contribution >= 0.6 is 23.2 Å². The maximum atomic E-state index is 12.9. The Bertz CT molecular complexity index is 912. The van der Waals surface area contributed by atoms with Gasteiger partial charge in [0.1, 0.15) is 11.8 Å². The largest absolute Gasteiger partial charge is 0.443 e. The molecule has 2 aromatic rings. The van der Waals surface area contributed by atoms with E-state index in [0.717, 1.165) is 5.56 Å². The fourth-order valence-electron chi connectivity index (χ4n) is 3.40. The molecule has 5 nitrogen and oxygen atoms in total. The third-order valence-corrected chi connectivity index (χ3v) is 5.50. The van der Waals surface area contributed by atoms with Crippen LogP contribution in [0.25, 0.3) is 0 Å². The summed E-state index contributed by atoms with van der Waals surface area (Å²) in [6, 6.07) is 14.8. The summed E-state index contributed by atoms with van der Waals surface area (Å²) < 4.78 is 5.51. The Morgan fingerprint density at radius 3 is 2.34 bits per heavy atom. The Balaban J connectivity index is 2.04. The summed E-state index contributed by atoms with van der Waals surface area (Å²) in [5.41, 5.74) is 1.01. The second kappa shape index (κ2) is 8.34. The van der Waals surface area contributed by atoms with Crippen LogP contribution in [-0.4, -0.2) is 33.9 Å². The topological polar surface area (TPSA) is 49.9 Å². The number of hydrogen-bond acceptors (Lipinski definition) is 4. The van der Waals surface area contributed by atoms with Crippen LogP contribution < -0.4 is 0 Å². The van der Waals surface area contributed by atoms with Crippen LogP contribution in [0.2, 0.25) is 10.0 Å². The van der Waals surface area contributed by atoms with Crippen molar-refractivity contribution in [2.24, 2.45) is 0 Å². The van der Waals surface area contributed by atoms with E-state index in [1.165, 1.54) is 4.90 Å². The molecule has 7 heteroatoms. The van der Waals surface area contributed by atoms with Gasteiger partial charge >= 0.3 is 6.09 Å². The molecule has 0 aromatic heterocycles. The molecule has 0 radical (unpaired) electrons. The van der Waals surface area contributed by atoms with Crippen molar-refractivity contribution in [3.63, 3.8) is 0 Å². The molecule has 0 spiro atoms. The molecule has 3 rings (SSSR count). The van der Waals surface area contributed by atoms with Gasteiger partial charge in [0.15, 0.2) is 0 Å². The first-order valence-electron chi connectivity index (χ1n) is 9.39. The Hall–Kier alpha value is -2.08. The molecule has 0 bridgehead atoms. The molecule has 0 unspecified atom stereocenters. The van der Waals surface area contributed by atoms with Crippen molar-refractivity contribution in [1.82, 2.24) is 9.80 Å². The summed E-state index contributed by atoms with van der Waals surface area (Å²) in [5.74, 6) is -0.321. The Labute approximate surface area is 181 Å². The molecule has 2 amide bonds. The molecule has 0 N–H and O–H groups in total. The maximum Gasteiger partial charge on any atom is 0.418 e. The second-order valence-corrected chi connectivity index (χ2v) is 8.86. The zero-order chi connectivity index (χ0) is 21.3. The fraction of sp³-hybridized carbons (Fsp3) is 0.364. The Morgan fingerprint density at radius 1 is 1.10 bits per heavy atom. The molecule has 2 atom stereocenters. The van der Waals surface area contributed by atoms with E-state index in [2.05, 4.69) is 0 Å². The molecule has 1 heterocycles. The van der Waals surface area contributed by atoms with Crippen molar-refractivity contribution >= 4 is 35.2 Å². The van der Waals surface area contributed by atoms with Crippen LogP contribution in [0.5, 0.6) is 0 Å². The third-order valence-electron chi connectivity index (χ3n) is 4.76. The Kier molecular flexibility index (Phi) is 6.22. The predicted molar refractivity (Wildman–Crippen MR) is 114 cm³/mol. The van der Waals surface area contributed by atoms with Gasteiger partial charge < -0.3 is 4.74 Å². The number of amides is 2. The molecule has 154 valence electrons. The minimum atomic E-state index is -0.724. The minimum Gasteiger partial charge on any atom is -0.443 e. The number of rotatable bonds is 3. The van der Waals surface area contributed by atoms with Crippen molar-refractivity contribution < 1.29 is 14.3 Å². The number of nitrogens with zero attached hydrogens (tertiary/aromatic N) is 2. The molecular formula is C22H24Cl2N2O3. The summed E-state index contributed by atoms with van der Waals surface area (Å²) in [7, 11) is 0. The first-order chi connectivity index (χ1) is 13.6. The number of carbonyl (C=O) groups excluding carboxylic acids is 2. The quantitative estimate of drug-likeness (QED) is 0.609. The summed E-state index contributed by atoms with van der Waals surface area (Å²) in [6.07, 6.45) is -1.33. The molecular weight excluding hydrogens is 411 g/mol. The summed E-state index contributed by atoms with van der Waals surface area (Å²) in [6.45, 7) is 7.39. The van der Waals surface area contributed by atoms with E-state index in [0.29, 0.717) is 15.6 Å². The number of carbonyl (C=O) groups is 2. The molecule has 0 saturated carbocycles. The lowest BCUT2D eigenvalue weighted by atomic mass is 10.0. The van der Waals surface area contributed by atoms with E-state index in [1.54, 1.807) is 39.0 Å². The van der Waals surface area contributed by atoms with Gasteiger partial charge in [-0.3, -0.25) is 9.69 Å². The van der Waals surface area contributed by atoms with Gasteiger partial charge in [-0.15, -0.1) is 0 Å². The van der Waals surface area contributed by atoms with Crippen molar-refractivity contribution in [2.45, 2.75) is 45.5 Å². The molecule has 0 aliphatic carbocycles. The second-order valence-electron chi connectivity index (χ2n) is 8.05. The van der Waals surface area contributed by atoms with Gasteiger partial charge in [0.25, 0.3) is 0 Å². The average Bonchev–Trinajstić information content (AvgIpc) is 3.00. The van der Waals surface area contributed by atoms with E-state index in [4.69, 9.17) is 27.9 Å². The first kappa shape index (κ1) is 21.6. The highest BCUT2D eigenvalue weighted by Gasteiger charge is 2.46. The number of imide groups is 1. The normalized spacial score (nSPS) is 18.8. The van der Waals surface area contributed by atoms with Crippen LogP contribution in [0.4, 0.5) is 4.79 Å². The smallest absolute Gasteiger partial charge is 0.418 e. The lowest BCUT2D eigenvalue weighted by Crippen LogP contribution is -2.41. The molecule has 1 aliphatic heterocycles. The summed E-state index contributed by atoms with van der Waals surface area (Å²) in [4.78, 5) is 28.9. The lowest BCUT2D eigenvalue weighted by Gasteiger charge is -2.34. The SMILES string of the molecule is C[C@H](c1ccccc1)N1CC(=O)N(C(=O)OC(C)(C)C)[C@@H]1c1ccc(Cl)c(Cl)c1. The van der Waals surface area contributed by atoms with Crippen molar-refractivity contribution in [3.05, 3.63) is 69.7 Å². The molecule has 29 heavy (non-hydrogen) atoms. The minimum absolute atomic E-state index is 0.0835. The van der Waals surface area contributed by atoms with Gasteiger partial charge in [0.05, 0.1) is 16.6 Å². The van der Waals surface area contributed by atoms with Gasteiger partial charge in [-0.2, -0.15) is 0 Å². The predicted octanol–water partition coefficient (Wildman–Crippen LogP) is 5.83. The molecule has 1 fully saturated rings. The highest BCUT2D eigenvalue weighted by atomic mass is 35.5. The average molecular weight is 435 g/mol. The summed E-state index contributed by atoms with van der Waals surface area (Å²) in [5, 5.41) is 0.770. The standard InChI is InChI=1S/C22H24Cl2N2O3/c1-14(15-8-6-5-7-9-15)25-13-19(27)26(21(28)29-22(2,3)4)20(25)16-10-11-17(23)18(24)12-16/h5-12,14,20H,13H2,1-4H3/t14-,20-/m1/s1. The zero-order valence-corrected chi connectivity index (χ0v) is 18.4. The van der Waals surface area contributed by atoms with E-state index in [-0.39, 0.29) is 18.5 Å². The van der Waals surface area contributed by atoms with Gasteiger partial charge in [-0.05, 0) is 51.0 Å². The number of ether oxygens (including phenoxy) is 1. The third kappa shape index (κ3) is 4.74. The van der Waals surface area contributed by atoms with E-state index < -0.39 is 17.9 Å². The van der Waals surface area contributed by atoms with Gasteiger partial charge in [0.2, 0.25) is 5.91 Å². The Morgan fingerprint density at radius 2 is 1.76 bits per heavy atom. The number of benzene rings is 2. The van der Waals surface area contributed by atoms with Crippen molar-refractivity contribution in [1.29, 1.82) is 0 Å². The van der Waals surface area contributed by atoms with Gasteiger partial charge in [-0.25, -0.2) is 9.69 Å². The highest BCUT2D eigenvalue weighted by Crippen LogP contribution is 2.40. The zero-order valence-electron chi connectivity index (χ0n) is 16.9. The number of halogens is 2. The lowest BCUT2D eigenvalue weighted by molar-refractivity contribution is -0.127. The van der Waals surface area contributed by atoms with Crippen LogP contribution in [0.15, 0.2) is 48.5 Å². The monoisotopic (exact) mass is 434 g/mol. The van der Waals surface area contributed by atoms with Crippen LogP contribution in [0.3, 0.4) is 0 Å². The van der Waals surface area contributed by atoms with Crippen LogP contribution in [-0.2, 0) is 9.53 Å². The summed E-state index contributed by atoms with van der Waals surface area (Å²) >= 11 is 12.3. The van der Waals surface area contributed by atoms with Crippen molar-refractivity contribution in [3.8, 4) is 0 Å². The van der Waals surface area contributed by atoms with Gasteiger partial charge in [-0.1, -0.05) is 59.6 Å². The van der Waals surface area contributed by atoms with E-state index >= 15 is 0 Å². The fourth-order valence-corrected chi connectivity index (χ4v) is 3.71. The van der Waals surface area contributed by atoms with Crippen LogP contribution in [0.1, 0.15) is 51.0 Å². The molecule has 1 saturated heterocycles. The number of hydrogen-bond donors (Lipinski definition) is 0. The van der Waals surface area contributed by atoms with Crippen molar-refractivity contribution in [2.75, 3.05) is 6.54 Å². The molecule has 1 aliphatic rings. The maximum absolute atomic E-state index is 12.9. The van der Waals surface area contributed by atoms with Gasteiger partial charge in [0, 0.05) is 6.04 Å². The first-order valence-corrected chi connectivity index (χ1v) is 10.1. The van der Waals surface area contributed by atoms with E-state index in [1.807, 2.05) is 42.2 Å². The van der Waals surface area contributed by atoms with E-state index in [9.17, 15) is 9.59 Å². The molecule has 2 aromatic carbocycles. The highest BCUT2D eigenvalue weighted by molar-refractivity contribution is 6.42. The van der Waals surface area contributed by atoms with Crippen LogP contribution in [0, 0.1) is 0 Å².